The van der Waals surface area contributed by atoms with Crippen molar-refractivity contribution in [3.63, 3.8) is 0 Å². The van der Waals surface area contributed by atoms with E-state index in [1.807, 2.05) is 0 Å². The first-order valence-electron chi connectivity index (χ1n) is 24.9. The molecule has 1 spiro atoms. The fourth-order valence-electron chi connectivity index (χ4n) is 13.4. The van der Waals surface area contributed by atoms with Crippen LogP contribution in [0.15, 0.2) is 236 Å². The summed E-state index contributed by atoms with van der Waals surface area (Å²) in [4.78, 5) is 2.46. The Morgan fingerprint density at radius 2 is 1.10 bits per heavy atom. The zero-order chi connectivity index (χ0) is 46.3. The van der Waals surface area contributed by atoms with Crippen molar-refractivity contribution in [2.45, 2.75) is 37.5 Å². The predicted octanol–water partition coefficient (Wildman–Crippen LogP) is 17.6. The van der Waals surface area contributed by atoms with Crippen LogP contribution in [-0.2, 0) is 10.8 Å². The first kappa shape index (κ1) is 39.5. The van der Waals surface area contributed by atoms with Gasteiger partial charge in [0.05, 0.1) is 16.4 Å². The molecule has 2 heteroatoms. The molecule has 9 aromatic carbocycles. The quantitative estimate of drug-likeness (QED) is 0.167. The highest BCUT2D eigenvalue weighted by Crippen LogP contribution is 2.65. The van der Waals surface area contributed by atoms with Crippen LogP contribution < -0.4 is 4.90 Å². The van der Waals surface area contributed by atoms with Gasteiger partial charge in [0.1, 0.15) is 0 Å². The number of anilines is 3. The highest BCUT2D eigenvalue weighted by Gasteiger charge is 2.53. The number of allylic oxidation sites excluding steroid dienone is 8. The first-order chi connectivity index (χ1) is 34.5. The van der Waals surface area contributed by atoms with E-state index in [1.165, 1.54) is 117 Å². The van der Waals surface area contributed by atoms with Gasteiger partial charge in [-0.2, -0.15) is 0 Å². The molecule has 15 rings (SSSR count). The maximum Gasteiger partial charge on any atom is 0.0723 e. The van der Waals surface area contributed by atoms with Gasteiger partial charge in [0.25, 0.3) is 0 Å². The van der Waals surface area contributed by atoms with E-state index in [9.17, 15) is 0 Å². The molecule has 0 saturated heterocycles. The van der Waals surface area contributed by atoms with Crippen molar-refractivity contribution in [3.8, 4) is 33.4 Å². The highest BCUT2D eigenvalue weighted by molar-refractivity contribution is 6.18. The number of benzene rings is 9. The van der Waals surface area contributed by atoms with Crippen molar-refractivity contribution >= 4 is 55.7 Å². The third-order valence-electron chi connectivity index (χ3n) is 16.4. The maximum absolute atomic E-state index is 2.62. The lowest BCUT2D eigenvalue weighted by Gasteiger charge is -2.31. The number of rotatable bonds is 5. The van der Waals surface area contributed by atoms with Gasteiger partial charge in [-0.25, -0.2) is 0 Å². The molecule has 0 radical (unpaired) electrons. The maximum atomic E-state index is 2.62. The van der Waals surface area contributed by atoms with E-state index in [2.05, 4.69) is 254 Å². The van der Waals surface area contributed by atoms with Crippen LogP contribution in [0.3, 0.4) is 0 Å². The molecule has 0 fully saturated rings. The van der Waals surface area contributed by atoms with Gasteiger partial charge in [-0.15, -0.1) is 0 Å². The van der Waals surface area contributed by atoms with E-state index >= 15 is 0 Å². The third kappa shape index (κ3) is 5.28. The van der Waals surface area contributed by atoms with E-state index in [-0.39, 0.29) is 5.41 Å². The molecule has 0 atom stereocenters. The molecule has 0 N–H and O–H groups in total. The van der Waals surface area contributed by atoms with Crippen LogP contribution in [0.2, 0.25) is 0 Å². The van der Waals surface area contributed by atoms with E-state index in [4.69, 9.17) is 0 Å². The Kier molecular flexibility index (Phi) is 8.20. The van der Waals surface area contributed by atoms with Gasteiger partial charge in [-0.3, -0.25) is 0 Å². The summed E-state index contributed by atoms with van der Waals surface area (Å²) in [6.45, 7) is 4.74. The Bertz CT molecular complexity index is 3970. The van der Waals surface area contributed by atoms with Crippen LogP contribution in [0.25, 0.3) is 72.0 Å². The zero-order valence-electron chi connectivity index (χ0n) is 39.2. The molecule has 70 heavy (non-hydrogen) atoms. The number of hydrogen-bond donors (Lipinski definition) is 0. The second-order valence-corrected chi connectivity index (χ2v) is 20.3. The fraction of sp³-hybridized carbons (Fsp3) is 0.0882. The van der Waals surface area contributed by atoms with Crippen LogP contribution in [0.1, 0.15) is 65.6 Å². The molecule has 330 valence electrons. The second-order valence-electron chi connectivity index (χ2n) is 20.3. The fourth-order valence-corrected chi connectivity index (χ4v) is 13.4. The minimum Gasteiger partial charge on any atom is -0.312 e. The Labute approximate surface area is 409 Å². The zero-order valence-corrected chi connectivity index (χ0v) is 39.2. The molecule has 0 unspecified atom stereocenters. The number of hydrogen-bond acceptors (Lipinski definition) is 1. The second kappa shape index (κ2) is 14.5. The van der Waals surface area contributed by atoms with Gasteiger partial charge in [0.2, 0.25) is 0 Å². The molecule has 0 saturated carbocycles. The normalized spacial score (nSPS) is 18.0. The summed E-state index contributed by atoms with van der Waals surface area (Å²) in [5.41, 5.74) is 28.2. The molecular weight excluding hydrogens is 845 g/mol. The molecule has 5 aliphatic rings. The molecule has 4 aliphatic carbocycles. The molecular formula is C68H48N2. The van der Waals surface area contributed by atoms with E-state index in [0.29, 0.717) is 0 Å². The van der Waals surface area contributed by atoms with Gasteiger partial charge >= 0.3 is 0 Å². The predicted molar refractivity (Wildman–Crippen MR) is 293 cm³/mol. The smallest absolute Gasteiger partial charge is 0.0723 e. The van der Waals surface area contributed by atoms with Crippen LogP contribution in [0.4, 0.5) is 17.1 Å². The van der Waals surface area contributed by atoms with Gasteiger partial charge in [-0.1, -0.05) is 196 Å². The molecule has 1 aliphatic heterocycles. The van der Waals surface area contributed by atoms with E-state index < -0.39 is 5.41 Å². The summed E-state index contributed by atoms with van der Waals surface area (Å²) in [7, 11) is 0. The molecule has 10 aromatic rings. The van der Waals surface area contributed by atoms with Crippen LogP contribution in [-0.4, -0.2) is 4.57 Å². The average Bonchev–Trinajstić information content (AvgIpc) is 4.08. The van der Waals surface area contributed by atoms with Crippen molar-refractivity contribution in [3.05, 3.63) is 275 Å². The number of para-hydroxylation sites is 1. The summed E-state index contributed by atoms with van der Waals surface area (Å²) in [6.07, 6.45) is 11.5. The Morgan fingerprint density at radius 3 is 1.89 bits per heavy atom. The minimum atomic E-state index is -0.391. The SMILES string of the molecule is CC1(C)c2ccccc2-c2ccc(N(c3ccc(-c4ccccc4)cc3)c3cccc(C4=C/C/C=C\C5=C6C/C(=C\4)n4c7ccccc7c7ccc(c6c74)C54c5ccccc5-c5ccccc54)c3)cc21. The Morgan fingerprint density at radius 1 is 0.471 bits per heavy atom. The van der Waals surface area contributed by atoms with Crippen LogP contribution in [0, 0.1) is 0 Å². The molecule has 2 bridgehead atoms. The molecule has 2 nitrogen and oxygen atoms in total. The van der Waals surface area contributed by atoms with Crippen LogP contribution >= 0.6 is 0 Å². The van der Waals surface area contributed by atoms with Crippen molar-refractivity contribution in [2.24, 2.45) is 0 Å². The van der Waals surface area contributed by atoms with E-state index in [1.54, 1.807) is 0 Å². The lowest BCUT2D eigenvalue weighted by Crippen LogP contribution is -2.26. The van der Waals surface area contributed by atoms with Gasteiger partial charge in [0.15, 0.2) is 0 Å². The summed E-state index contributed by atoms with van der Waals surface area (Å²) < 4.78 is 2.62. The topological polar surface area (TPSA) is 8.17 Å². The highest BCUT2D eigenvalue weighted by atomic mass is 15.1. The van der Waals surface area contributed by atoms with Gasteiger partial charge in [-0.05, 0) is 138 Å². The first-order valence-corrected chi connectivity index (χ1v) is 24.9. The van der Waals surface area contributed by atoms with Crippen molar-refractivity contribution < 1.29 is 0 Å². The molecule has 0 amide bonds. The lowest BCUT2D eigenvalue weighted by atomic mass is 9.69. The van der Waals surface area contributed by atoms with Crippen molar-refractivity contribution in [2.75, 3.05) is 4.90 Å². The summed E-state index contributed by atoms with van der Waals surface area (Å²) in [5.74, 6) is 0. The average molecular weight is 893 g/mol. The summed E-state index contributed by atoms with van der Waals surface area (Å²) in [6, 6.07) is 77.4. The summed E-state index contributed by atoms with van der Waals surface area (Å²) in [5, 5.41) is 2.62. The Balaban J connectivity index is 0.913. The largest absolute Gasteiger partial charge is 0.312 e. The van der Waals surface area contributed by atoms with Crippen molar-refractivity contribution in [1.29, 1.82) is 0 Å². The molecule has 1 aromatic heterocycles. The molecule has 2 heterocycles. The van der Waals surface area contributed by atoms with Gasteiger partial charge in [0, 0.05) is 50.9 Å². The van der Waals surface area contributed by atoms with Crippen LogP contribution in [0.5, 0.6) is 0 Å². The standard InChI is InChI=1S/C68H48N2/c1-67(2)58-26-12-7-22-51(58)54-36-35-49(42-63(54)67)69(47-33-31-44(32-34-47)43-17-4-3-5-18-43)48-21-16-20-46(39-48)45-19-6-11-29-61-57-41-50(40-45)70-64-30-15-10-25-55(64)56-37-38-62(65(57)66(56)70)68(61)59-27-13-8-23-52(59)53-24-9-14-28-60(53)68/h3-5,7-40,42H,6,41H2,1-2H3/b29-11-,45-19+,50-40+. The minimum absolute atomic E-state index is 0.126. The van der Waals surface area contributed by atoms with Crippen molar-refractivity contribution in [1.82, 2.24) is 4.57 Å². The number of aromatic nitrogens is 1. The van der Waals surface area contributed by atoms with E-state index in [0.717, 1.165) is 29.9 Å². The van der Waals surface area contributed by atoms with Gasteiger partial charge < -0.3 is 9.47 Å². The monoisotopic (exact) mass is 892 g/mol. The third-order valence-corrected chi connectivity index (χ3v) is 16.4. The Hall–Kier alpha value is -8.46. The summed E-state index contributed by atoms with van der Waals surface area (Å²) >= 11 is 0. The lowest BCUT2D eigenvalue weighted by molar-refractivity contribution is 0.660. The number of nitrogens with zero attached hydrogens (tertiary/aromatic N) is 2. The number of fused-ring (bicyclic) bond motifs is 15.